The lowest BCUT2D eigenvalue weighted by Gasteiger charge is -2.23. The number of hydrogen-bond acceptors (Lipinski definition) is 3. The largest absolute Gasteiger partial charge is 0.427 e. The van der Waals surface area contributed by atoms with Gasteiger partial charge in [-0.1, -0.05) is 6.07 Å². The summed E-state index contributed by atoms with van der Waals surface area (Å²) in [7, 11) is -5.64. The van der Waals surface area contributed by atoms with Gasteiger partial charge in [-0.25, -0.2) is 17.2 Å². The van der Waals surface area contributed by atoms with Gasteiger partial charge in [-0.15, -0.1) is 0 Å². The summed E-state index contributed by atoms with van der Waals surface area (Å²) in [6, 6.07) is 1.98. The number of hydrogen-bond donors (Lipinski definition) is 0. The van der Waals surface area contributed by atoms with Gasteiger partial charge in [0.2, 0.25) is 0 Å². The molecule has 0 fully saturated rings. The third-order valence-electron chi connectivity index (χ3n) is 1.79. The highest BCUT2D eigenvalue weighted by Crippen LogP contribution is 2.51. The zero-order valence-electron chi connectivity index (χ0n) is 8.51. The maximum absolute atomic E-state index is 13.2. The summed E-state index contributed by atoms with van der Waals surface area (Å²) >= 11 is 0.218. The molecule has 19 heavy (non-hydrogen) atoms. The van der Waals surface area contributed by atoms with E-state index in [0.717, 1.165) is 6.07 Å². The summed E-state index contributed by atoms with van der Waals surface area (Å²) in [5.74, 6) is -3.01. The van der Waals surface area contributed by atoms with Gasteiger partial charge in [0.1, 0.15) is 11.6 Å². The van der Waals surface area contributed by atoms with Crippen LogP contribution in [0.3, 0.4) is 0 Å². The average molecular weight is 389 g/mol. The van der Waals surface area contributed by atoms with Gasteiger partial charge in [-0.2, -0.15) is 17.6 Å². The predicted molar refractivity (Wildman–Crippen MR) is 60.0 cm³/mol. The molecule has 0 bridgehead atoms. The molecule has 1 rings (SSSR count). The molecule has 11 heteroatoms. The summed E-state index contributed by atoms with van der Waals surface area (Å²) in [5, 5.41) is -10.8. The fourth-order valence-electron chi connectivity index (χ4n) is 0.910. The lowest BCUT2D eigenvalue weighted by molar-refractivity contribution is -0.0885. The van der Waals surface area contributed by atoms with Crippen molar-refractivity contribution in [3.63, 3.8) is 0 Å². The molecule has 0 heterocycles. The third-order valence-corrected chi connectivity index (χ3v) is 5.12. The molecule has 2 nitrogen and oxygen atoms in total. The zero-order chi connectivity index (χ0) is 15.1. The molecule has 0 amide bonds. The van der Waals surface area contributed by atoms with Crippen LogP contribution in [0, 0.1) is 11.6 Å². The number of halogens is 7. The van der Waals surface area contributed by atoms with Gasteiger partial charge in [0.05, 0.1) is 19.7 Å². The molecule has 1 aromatic carbocycles. The summed E-state index contributed by atoms with van der Waals surface area (Å²) < 4.78 is 99.7. The van der Waals surface area contributed by atoms with E-state index in [1.807, 2.05) is 0 Å². The number of benzene rings is 1. The normalized spacial score (nSPS) is 13.6. The van der Waals surface area contributed by atoms with Crippen molar-refractivity contribution in [3.05, 3.63) is 29.8 Å². The van der Waals surface area contributed by atoms with Crippen LogP contribution in [0.1, 0.15) is 0 Å². The van der Waals surface area contributed by atoms with E-state index in [1.165, 1.54) is 14.8 Å². The fourth-order valence-corrected chi connectivity index (χ4v) is 3.29. The molecule has 0 radical (unpaired) electrons. The van der Waals surface area contributed by atoms with Crippen LogP contribution >= 0.6 is 26.6 Å². The van der Waals surface area contributed by atoms with Crippen LogP contribution in [0.4, 0.5) is 26.3 Å². The molecule has 0 saturated heterocycles. The predicted octanol–water partition coefficient (Wildman–Crippen LogP) is 3.97. The third kappa shape index (κ3) is 3.19. The van der Waals surface area contributed by atoms with Crippen LogP contribution in [0.25, 0.3) is 0 Å². The van der Waals surface area contributed by atoms with Crippen LogP contribution < -0.4 is 0 Å². The Bertz CT molecular complexity index is 569. The van der Waals surface area contributed by atoms with E-state index in [2.05, 4.69) is 0 Å². The second-order valence-electron chi connectivity index (χ2n) is 3.12. The molecule has 0 aliphatic carbocycles. The molecule has 0 spiro atoms. The summed E-state index contributed by atoms with van der Waals surface area (Å²) in [5.41, 5.74) is 0. The second kappa shape index (κ2) is 5.17. The lowest BCUT2D eigenvalue weighted by atomic mass is 10.3. The summed E-state index contributed by atoms with van der Waals surface area (Å²) in [4.78, 5) is -1.40. The van der Waals surface area contributed by atoms with Gasteiger partial charge in [-0.3, -0.25) is 0 Å². The van der Waals surface area contributed by atoms with Crippen molar-refractivity contribution in [1.29, 1.82) is 0 Å². The molecule has 0 saturated carbocycles. The first-order valence-corrected chi connectivity index (χ1v) is 8.37. The Morgan fingerprint density at radius 2 is 1.47 bits per heavy atom. The first-order valence-electron chi connectivity index (χ1n) is 4.23. The molecule has 0 unspecified atom stereocenters. The Labute approximate surface area is 115 Å². The van der Waals surface area contributed by atoms with Crippen molar-refractivity contribution < 1.29 is 34.8 Å². The first-order chi connectivity index (χ1) is 8.40. The fraction of sp³-hybridized carbons (Fsp3) is 0.250. The Morgan fingerprint density at radius 3 is 1.84 bits per heavy atom. The average Bonchev–Trinajstić information content (AvgIpc) is 2.22. The highest BCUT2D eigenvalue weighted by molar-refractivity contribution is 9.47. The molecule has 0 aromatic heterocycles. The van der Waals surface area contributed by atoms with Gasteiger partial charge in [0, 0.05) is 0 Å². The van der Waals surface area contributed by atoms with Crippen molar-refractivity contribution >= 4 is 34.8 Å². The molecule has 108 valence electrons. The molecular formula is C8H3BrF6O2S2. The summed E-state index contributed by atoms with van der Waals surface area (Å²) in [6.45, 7) is 0. The molecule has 0 aliphatic rings. The van der Waals surface area contributed by atoms with Crippen molar-refractivity contribution in [1.82, 2.24) is 0 Å². The minimum absolute atomic E-state index is 0.572. The van der Waals surface area contributed by atoms with E-state index in [4.69, 9.17) is 0 Å². The van der Waals surface area contributed by atoms with E-state index >= 15 is 0 Å². The first kappa shape index (κ1) is 16.6. The van der Waals surface area contributed by atoms with Crippen LogP contribution in [0.5, 0.6) is 0 Å². The Hall–Kier alpha value is -0.420. The Morgan fingerprint density at radius 1 is 1.05 bits per heavy atom. The van der Waals surface area contributed by atoms with Crippen LogP contribution in [0.15, 0.2) is 23.1 Å². The maximum atomic E-state index is 13.2. The minimum Gasteiger partial charge on any atom is -0.210 e. The summed E-state index contributed by atoms with van der Waals surface area (Å²) in [6.07, 6.45) is 0. The molecule has 0 atom stereocenters. The van der Waals surface area contributed by atoms with Gasteiger partial charge < -0.3 is 0 Å². The lowest BCUT2D eigenvalue weighted by Crippen LogP contribution is -2.42. The Balaban J connectivity index is 3.24. The van der Waals surface area contributed by atoms with Crippen molar-refractivity contribution in [3.8, 4) is 0 Å². The molecule has 1 aromatic rings. The molecular weight excluding hydrogens is 386 g/mol. The molecule has 0 aliphatic heterocycles. The smallest absolute Gasteiger partial charge is 0.210 e. The van der Waals surface area contributed by atoms with E-state index in [1.54, 1.807) is 0 Å². The van der Waals surface area contributed by atoms with Gasteiger partial charge in [-0.05, 0) is 23.9 Å². The molecule has 0 N–H and O–H groups in total. The number of rotatable bonds is 4. The topological polar surface area (TPSA) is 34.1 Å². The number of alkyl halides is 4. The van der Waals surface area contributed by atoms with Crippen LogP contribution in [-0.2, 0) is 8.27 Å². The monoisotopic (exact) mass is 388 g/mol. The zero-order valence-corrected chi connectivity index (χ0v) is 11.7. The van der Waals surface area contributed by atoms with Crippen molar-refractivity contribution in [2.45, 2.75) is 15.4 Å². The second-order valence-corrected chi connectivity index (χ2v) is 8.19. The highest BCUT2D eigenvalue weighted by Gasteiger charge is 2.66. The van der Waals surface area contributed by atoms with Crippen LogP contribution in [-0.4, -0.2) is 18.9 Å². The minimum atomic E-state index is -5.64. The van der Waals surface area contributed by atoms with Crippen LogP contribution in [0.2, 0.25) is 0 Å². The van der Waals surface area contributed by atoms with Crippen molar-refractivity contribution in [2.24, 2.45) is 0 Å². The van der Waals surface area contributed by atoms with Gasteiger partial charge >= 0.3 is 10.5 Å². The van der Waals surface area contributed by atoms with Gasteiger partial charge in [0.15, 0.2) is 0 Å². The Kier molecular flexibility index (Phi) is 4.52. The highest BCUT2D eigenvalue weighted by atomic mass is 79.9. The standard InChI is InChI=1S/C8H3BrF6O2S2/c9-19(16,17)8(14,15)7(12,13)18-6-4(10)2-1-3-5(6)11/h1-3H. The van der Waals surface area contributed by atoms with E-state index in [0.29, 0.717) is 12.1 Å². The maximum Gasteiger partial charge on any atom is 0.427 e. The van der Waals surface area contributed by atoms with E-state index < -0.39 is 47.1 Å². The van der Waals surface area contributed by atoms with Gasteiger partial charge in [0.25, 0.3) is 8.27 Å². The van der Waals surface area contributed by atoms with E-state index in [-0.39, 0.29) is 0 Å². The van der Waals surface area contributed by atoms with E-state index in [9.17, 15) is 34.8 Å². The quantitative estimate of drug-likeness (QED) is 0.444. The number of thioether (sulfide) groups is 1. The SMILES string of the molecule is O=S(=O)(Br)C(F)(F)C(F)(F)Sc1c(F)cccc1F. The van der Waals surface area contributed by atoms with Crippen molar-refractivity contribution in [2.75, 3.05) is 0 Å².